The molecule has 0 nitrogen and oxygen atoms in total. The van der Waals surface area contributed by atoms with Crippen molar-refractivity contribution in [2.75, 3.05) is 0 Å². The molecule has 2 unspecified atom stereocenters. The smallest absolute Gasteiger partial charge is 0.126 e. The van der Waals surface area contributed by atoms with Crippen LogP contribution >= 0.6 is 15.9 Å². The molecule has 66 valence electrons. The van der Waals surface area contributed by atoms with E-state index < -0.39 is 0 Å². The summed E-state index contributed by atoms with van der Waals surface area (Å²) >= 11 is 3.44. The van der Waals surface area contributed by atoms with Crippen molar-refractivity contribution in [2.24, 2.45) is 0 Å². The topological polar surface area (TPSA) is 0 Å². The quantitative estimate of drug-likeness (QED) is 0.680. The van der Waals surface area contributed by atoms with E-state index in [9.17, 15) is 4.39 Å². The largest absolute Gasteiger partial charge is 0.207 e. The molecule has 1 aromatic carbocycles. The molecule has 0 saturated heterocycles. The number of alkyl halides is 1. The van der Waals surface area contributed by atoms with Gasteiger partial charge in [-0.05, 0) is 17.5 Å². The molecule has 0 radical (unpaired) electrons. The summed E-state index contributed by atoms with van der Waals surface area (Å²) in [6, 6.07) is 6.91. The van der Waals surface area contributed by atoms with E-state index in [4.69, 9.17) is 0 Å². The fourth-order valence-corrected chi connectivity index (χ4v) is 1.38. The third-order valence-electron chi connectivity index (χ3n) is 2.08. The Bertz CT molecular complexity index is 258. The molecule has 0 saturated carbocycles. The number of benzene rings is 1. The summed E-state index contributed by atoms with van der Waals surface area (Å²) in [5, 5.41) is 0. The van der Waals surface area contributed by atoms with Crippen LogP contribution in [-0.2, 0) is 0 Å². The van der Waals surface area contributed by atoms with Gasteiger partial charge in [0.15, 0.2) is 0 Å². The van der Waals surface area contributed by atoms with Gasteiger partial charge >= 0.3 is 0 Å². The molecule has 0 aliphatic heterocycles. The van der Waals surface area contributed by atoms with E-state index in [0.717, 1.165) is 5.56 Å². The van der Waals surface area contributed by atoms with E-state index in [-0.39, 0.29) is 11.7 Å². The first-order valence-corrected chi connectivity index (χ1v) is 4.93. The molecule has 0 fully saturated rings. The van der Waals surface area contributed by atoms with Gasteiger partial charge in [-0.15, -0.1) is 0 Å². The van der Waals surface area contributed by atoms with Gasteiger partial charge in [-0.25, -0.2) is 4.39 Å². The van der Waals surface area contributed by atoms with Gasteiger partial charge in [0.2, 0.25) is 0 Å². The molecular weight excluding hydrogens is 219 g/mol. The average molecular weight is 231 g/mol. The minimum atomic E-state index is -0.115. The van der Waals surface area contributed by atoms with E-state index in [1.54, 1.807) is 6.07 Å². The van der Waals surface area contributed by atoms with Crippen molar-refractivity contribution >= 4 is 15.9 Å². The maximum Gasteiger partial charge on any atom is 0.126 e. The average Bonchev–Trinajstić information content (AvgIpc) is 2.04. The lowest BCUT2D eigenvalue weighted by Crippen LogP contribution is -2.06. The van der Waals surface area contributed by atoms with Gasteiger partial charge in [0.1, 0.15) is 5.82 Å². The highest BCUT2D eigenvalue weighted by Crippen LogP contribution is 2.25. The highest BCUT2D eigenvalue weighted by molar-refractivity contribution is 9.09. The van der Waals surface area contributed by atoms with Crippen molar-refractivity contribution in [1.29, 1.82) is 0 Å². The molecule has 0 spiro atoms. The summed E-state index contributed by atoms with van der Waals surface area (Å²) in [6.45, 7) is 4.04. The SMILES string of the molecule is CC(Br)C(C)c1ccccc1F. The van der Waals surface area contributed by atoms with Crippen molar-refractivity contribution in [3.8, 4) is 0 Å². The van der Waals surface area contributed by atoms with Crippen molar-refractivity contribution in [2.45, 2.75) is 24.6 Å². The Morgan fingerprint density at radius 2 is 1.83 bits per heavy atom. The lowest BCUT2D eigenvalue weighted by molar-refractivity contribution is 0.588. The number of hydrogen-bond donors (Lipinski definition) is 0. The van der Waals surface area contributed by atoms with E-state index in [1.807, 2.05) is 26.0 Å². The van der Waals surface area contributed by atoms with Gasteiger partial charge in [0, 0.05) is 4.83 Å². The Balaban J connectivity index is 2.94. The first-order chi connectivity index (χ1) is 5.63. The Hall–Kier alpha value is -0.370. The van der Waals surface area contributed by atoms with Crippen LogP contribution < -0.4 is 0 Å². The molecule has 0 aromatic heterocycles. The molecule has 0 N–H and O–H groups in total. The molecule has 0 bridgehead atoms. The van der Waals surface area contributed by atoms with Gasteiger partial charge in [-0.1, -0.05) is 48.0 Å². The van der Waals surface area contributed by atoms with E-state index in [1.165, 1.54) is 6.07 Å². The summed E-state index contributed by atoms with van der Waals surface area (Å²) < 4.78 is 13.2. The Morgan fingerprint density at radius 1 is 1.25 bits per heavy atom. The zero-order valence-corrected chi connectivity index (χ0v) is 8.81. The van der Waals surface area contributed by atoms with Gasteiger partial charge in [-0.3, -0.25) is 0 Å². The highest BCUT2D eigenvalue weighted by atomic mass is 79.9. The number of hydrogen-bond acceptors (Lipinski definition) is 0. The van der Waals surface area contributed by atoms with Crippen LogP contribution in [0.3, 0.4) is 0 Å². The predicted octanol–water partition coefficient (Wildman–Crippen LogP) is 3.71. The monoisotopic (exact) mass is 230 g/mol. The van der Waals surface area contributed by atoms with E-state index >= 15 is 0 Å². The van der Waals surface area contributed by atoms with Crippen LogP contribution in [-0.4, -0.2) is 4.83 Å². The molecule has 0 aliphatic rings. The Kier molecular flexibility index (Phi) is 3.27. The zero-order valence-electron chi connectivity index (χ0n) is 7.22. The predicted molar refractivity (Wildman–Crippen MR) is 53.2 cm³/mol. The third-order valence-corrected chi connectivity index (χ3v) is 2.88. The van der Waals surface area contributed by atoms with Gasteiger partial charge < -0.3 is 0 Å². The van der Waals surface area contributed by atoms with Crippen LogP contribution in [0.4, 0.5) is 4.39 Å². The molecule has 1 rings (SSSR count). The normalized spacial score (nSPS) is 15.7. The summed E-state index contributed by atoms with van der Waals surface area (Å²) in [6.07, 6.45) is 0. The van der Waals surface area contributed by atoms with E-state index in [2.05, 4.69) is 15.9 Å². The Morgan fingerprint density at radius 3 is 2.33 bits per heavy atom. The molecule has 0 aliphatic carbocycles. The lowest BCUT2D eigenvalue weighted by Gasteiger charge is -2.14. The second-order valence-electron chi connectivity index (χ2n) is 2.99. The third kappa shape index (κ3) is 2.07. The second kappa shape index (κ2) is 4.04. The molecule has 0 heterocycles. The van der Waals surface area contributed by atoms with Crippen molar-refractivity contribution in [3.05, 3.63) is 35.6 Å². The maximum absolute atomic E-state index is 13.2. The van der Waals surface area contributed by atoms with Crippen molar-refractivity contribution in [1.82, 2.24) is 0 Å². The number of halogens is 2. The van der Waals surface area contributed by atoms with E-state index in [0.29, 0.717) is 4.83 Å². The standard InChI is InChI=1S/C10H12BrF/c1-7(8(2)11)9-5-3-4-6-10(9)12/h3-8H,1-2H3. The minimum absolute atomic E-state index is 0.115. The van der Waals surface area contributed by atoms with Gasteiger partial charge in [0.05, 0.1) is 0 Å². The van der Waals surface area contributed by atoms with Crippen LogP contribution in [0.2, 0.25) is 0 Å². The first kappa shape index (κ1) is 9.72. The Labute approximate surface area is 80.9 Å². The minimum Gasteiger partial charge on any atom is -0.207 e. The first-order valence-electron chi connectivity index (χ1n) is 4.01. The molecule has 2 atom stereocenters. The van der Waals surface area contributed by atoms with Crippen molar-refractivity contribution in [3.63, 3.8) is 0 Å². The maximum atomic E-state index is 13.2. The highest BCUT2D eigenvalue weighted by Gasteiger charge is 2.14. The fraction of sp³-hybridized carbons (Fsp3) is 0.400. The molecule has 2 heteroatoms. The molecule has 12 heavy (non-hydrogen) atoms. The van der Waals surface area contributed by atoms with Crippen molar-refractivity contribution < 1.29 is 4.39 Å². The van der Waals surface area contributed by atoms with Crippen LogP contribution in [0, 0.1) is 5.82 Å². The second-order valence-corrected chi connectivity index (χ2v) is 4.43. The van der Waals surface area contributed by atoms with Crippen LogP contribution in [0.5, 0.6) is 0 Å². The lowest BCUT2D eigenvalue weighted by atomic mass is 9.98. The fourth-order valence-electron chi connectivity index (χ4n) is 1.09. The molecular formula is C10H12BrF. The number of rotatable bonds is 2. The van der Waals surface area contributed by atoms with Gasteiger partial charge in [0.25, 0.3) is 0 Å². The molecule has 1 aromatic rings. The summed E-state index contributed by atoms with van der Waals surface area (Å²) in [5.41, 5.74) is 0.780. The van der Waals surface area contributed by atoms with Crippen LogP contribution in [0.15, 0.2) is 24.3 Å². The zero-order chi connectivity index (χ0) is 9.14. The van der Waals surface area contributed by atoms with Crippen LogP contribution in [0.25, 0.3) is 0 Å². The molecule has 0 amide bonds. The summed E-state index contributed by atoms with van der Waals surface area (Å²) in [4.78, 5) is 0.300. The summed E-state index contributed by atoms with van der Waals surface area (Å²) in [5.74, 6) is 0.0995. The summed E-state index contributed by atoms with van der Waals surface area (Å²) in [7, 11) is 0. The van der Waals surface area contributed by atoms with Gasteiger partial charge in [-0.2, -0.15) is 0 Å². The van der Waals surface area contributed by atoms with Crippen LogP contribution in [0.1, 0.15) is 25.3 Å².